The van der Waals surface area contributed by atoms with Crippen molar-refractivity contribution in [2.75, 3.05) is 18.5 Å². The number of aromatic nitrogens is 2. The standard InChI is InChI=1S/C28H33N5O7S/c1-28(2,3)40-21(36)12-29-19(34)10-15-5-4-6-18-22(15)23-25(37)32-24(33-27(23)41-18)26(38)30-11-14-7-8-17-16(9-14)31-20(35)13-39-17/h7-9,15,20,31,35H,4-6,10-13H2,1-3H3,(H,29,34)(H,30,38)(H,32,33,37). The lowest BCUT2D eigenvalue weighted by molar-refractivity contribution is -0.154. The van der Waals surface area contributed by atoms with Crippen molar-refractivity contribution in [3.8, 4) is 5.75 Å². The fourth-order valence-corrected chi connectivity index (χ4v) is 6.38. The number of aryl methyl sites for hydroxylation is 1. The van der Waals surface area contributed by atoms with Crippen molar-refractivity contribution in [2.45, 2.75) is 70.7 Å². The number of carbonyl (C=O) groups is 3. The number of aliphatic hydroxyl groups excluding tert-OH is 1. The summed E-state index contributed by atoms with van der Waals surface area (Å²) in [6.07, 6.45) is 1.65. The van der Waals surface area contributed by atoms with Gasteiger partial charge in [-0.3, -0.25) is 19.2 Å². The number of aliphatic hydroxyl groups is 1. The molecule has 12 nitrogen and oxygen atoms in total. The molecule has 5 N–H and O–H groups in total. The van der Waals surface area contributed by atoms with Crippen molar-refractivity contribution < 1.29 is 29.0 Å². The maximum absolute atomic E-state index is 13.2. The number of rotatable bonds is 7. The van der Waals surface area contributed by atoms with E-state index in [2.05, 4.69) is 25.9 Å². The van der Waals surface area contributed by atoms with Crippen LogP contribution in [0.1, 0.15) is 72.6 Å². The zero-order valence-corrected chi connectivity index (χ0v) is 23.9. The van der Waals surface area contributed by atoms with Crippen LogP contribution in [-0.2, 0) is 27.3 Å². The number of amides is 2. The Morgan fingerprint density at radius 1 is 1.24 bits per heavy atom. The Balaban J connectivity index is 1.27. The summed E-state index contributed by atoms with van der Waals surface area (Å²) in [5.41, 5.74) is 1.13. The number of nitrogens with zero attached hydrogens (tertiary/aromatic N) is 1. The Bertz CT molecular complexity index is 1560. The Hall–Kier alpha value is -3.97. The summed E-state index contributed by atoms with van der Waals surface area (Å²) in [4.78, 5) is 59.3. The van der Waals surface area contributed by atoms with Crippen LogP contribution in [0.3, 0.4) is 0 Å². The number of carbonyl (C=O) groups excluding carboxylic acids is 3. The first-order valence-electron chi connectivity index (χ1n) is 13.5. The van der Waals surface area contributed by atoms with E-state index in [1.54, 1.807) is 39.0 Å². The van der Waals surface area contributed by atoms with Gasteiger partial charge in [-0.15, -0.1) is 11.3 Å². The van der Waals surface area contributed by atoms with Gasteiger partial charge >= 0.3 is 5.97 Å². The van der Waals surface area contributed by atoms with Crippen LogP contribution < -0.4 is 26.2 Å². The van der Waals surface area contributed by atoms with Gasteiger partial charge in [0.2, 0.25) is 11.7 Å². The largest absolute Gasteiger partial charge is 0.487 e. The smallest absolute Gasteiger partial charge is 0.325 e. The summed E-state index contributed by atoms with van der Waals surface area (Å²) in [5.74, 6) is -1.03. The van der Waals surface area contributed by atoms with E-state index in [0.717, 1.165) is 35.3 Å². The molecule has 218 valence electrons. The average molecular weight is 584 g/mol. The number of fused-ring (bicyclic) bond motifs is 4. The fraction of sp³-hybridized carbons (Fsp3) is 0.464. The minimum atomic E-state index is -0.809. The van der Waals surface area contributed by atoms with Crippen molar-refractivity contribution >= 4 is 45.0 Å². The molecule has 0 saturated carbocycles. The van der Waals surface area contributed by atoms with Gasteiger partial charge in [-0.25, -0.2) is 4.98 Å². The van der Waals surface area contributed by atoms with Gasteiger partial charge in [-0.05, 0) is 69.2 Å². The molecule has 1 aliphatic heterocycles. The lowest BCUT2D eigenvalue weighted by Crippen LogP contribution is -2.35. The van der Waals surface area contributed by atoms with Crippen LogP contribution in [0.4, 0.5) is 5.69 Å². The molecular formula is C28H33N5O7S. The van der Waals surface area contributed by atoms with Crippen LogP contribution in [0.5, 0.6) is 5.75 Å². The Morgan fingerprint density at radius 3 is 2.83 bits per heavy atom. The summed E-state index contributed by atoms with van der Waals surface area (Å²) in [6, 6.07) is 5.33. The van der Waals surface area contributed by atoms with Gasteiger partial charge in [0.1, 0.15) is 29.3 Å². The molecule has 13 heteroatoms. The molecule has 1 aromatic carbocycles. The minimum Gasteiger partial charge on any atom is -0.487 e. The second kappa shape index (κ2) is 11.5. The summed E-state index contributed by atoms with van der Waals surface area (Å²) in [5, 5.41) is 18.5. The second-order valence-electron chi connectivity index (χ2n) is 11.2. The van der Waals surface area contributed by atoms with Crippen LogP contribution in [0.15, 0.2) is 23.0 Å². The maximum atomic E-state index is 13.2. The number of H-pyrrole nitrogens is 1. The van der Waals surface area contributed by atoms with Gasteiger partial charge in [0, 0.05) is 17.8 Å². The highest BCUT2D eigenvalue weighted by Gasteiger charge is 2.30. The molecule has 2 amide bonds. The van der Waals surface area contributed by atoms with Crippen LogP contribution in [0.25, 0.3) is 10.2 Å². The molecule has 5 rings (SSSR count). The highest BCUT2D eigenvalue weighted by molar-refractivity contribution is 7.18. The van der Waals surface area contributed by atoms with Gasteiger partial charge in [0.05, 0.1) is 11.1 Å². The third kappa shape index (κ3) is 6.68. The molecular weight excluding hydrogens is 550 g/mol. The number of benzene rings is 1. The van der Waals surface area contributed by atoms with Gasteiger partial charge in [0.15, 0.2) is 6.23 Å². The highest BCUT2D eigenvalue weighted by atomic mass is 32.1. The summed E-state index contributed by atoms with van der Waals surface area (Å²) >= 11 is 1.37. The van der Waals surface area contributed by atoms with E-state index < -0.39 is 29.3 Å². The third-order valence-electron chi connectivity index (χ3n) is 6.75. The lowest BCUT2D eigenvalue weighted by atomic mass is 9.84. The van der Waals surface area contributed by atoms with Crippen molar-refractivity contribution in [1.29, 1.82) is 0 Å². The number of aromatic amines is 1. The summed E-state index contributed by atoms with van der Waals surface area (Å²) in [6.45, 7) is 5.37. The first kappa shape index (κ1) is 28.6. The average Bonchev–Trinajstić information content (AvgIpc) is 3.29. The highest BCUT2D eigenvalue weighted by Crippen LogP contribution is 2.42. The molecule has 1 aliphatic carbocycles. The first-order valence-corrected chi connectivity index (χ1v) is 14.3. The molecule has 3 aromatic rings. The van der Waals surface area contributed by atoms with Gasteiger partial charge in [-0.2, -0.15) is 0 Å². The fourth-order valence-electron chi connectivity index (χ4n) is 5.08. The second-order valence-corrected chi connectivity index (χ2v) is 12.3. The quantitative estimate of drug-likeness (QED) is 0.262. The van der Waals surface area contributed by atoms with Gasteiger partial charge < -0.3 is 35.5 Å². The molecule has 2 aromatic heterocycles. The van der Waals surface area contributed by atoms with E-state index in [1.807, 2.05) is 0 Å². The number of nitrogens with one attached hydrogen (secondary N) is 4. The normalized spacial score (nSPS) is 18.0. The van der Waals surface area contributed by atoms with Gasteiger partial charge in [0.25, 0.3) is 11.5 Å². The van der Waals surface area contributed by atoms with E-state index in [4.69, 9.17) is 9.47 Å². The van der Waals surface area contributed by atoms with Crippen LogP contribution >= 0.6 is 11.3 Å². The van der Waals surface area contributed by atoms with E-state index in [0.29, 0.717) is 21.7 Å². The molecule has 0 bridgehead atoms. The third-order valence-corrected chi connectivity index (χ3v) is 7.91. The molecule has 3 heterocycles. The molecule has 2 atom stereocenters. The summed E-state index contributed by atoms with van der Waals surface area (Å²) in [7, 11) is 0. The van der Waals surface area contributed by atoms with E-state index in [1.165, 1.54) is 11.3 Å². The van der Waals surface area contributed by atoms with Crippen molar-refractivity contribution in [3.05, 3.63) is 50.4 Å². The predicted octanol–water partition coefficient (Wildman–Crippen LogP) is 2.31. The molecule has 0 radical (unpaired) electrons. The van der Waals surface area contributed by atoms with Gasteiger partial charge in [-0.1, -0.05) is 6.07 Å². The Kier molecular flexibility index (Phi) is 8.00. The van der Waals surface area contributed by atoms with Crippen LogP contribution in [0, 0.1) is 0 Å². The number of hydrogen-bond acceptors (Lipinski definition) is 10. The molecule has 2 unspecified atom stereocenters. The Morgan fingerprint density at radius 2 is 2.05 bits per heavy atom. The van der Waals surface area contributed by atoms with Crippen LogP contribution in [-0.4, -0.2) is 57.8 Å². The SMILES string of the molecule is CC(C)(C)OC(=O)CNC(=O)CC1CCCc2sc3nc(C(=O)NCc4ccc5c(c4)NC(O)CO5)[nH]c(=O)c3c21. The summed E-state index contributed by atoms with van der Waals surface area (Å²) < 4.78 is 10.7. The van der Waals surface area contributed by atoms with E-state index >= 15 is 0 Å². The lowest BCUT2D eigenvalue weighted by Gasteiger charge is -2.24. The minimum absolute atomic E-state index is 0.0948. The molecule has 0 spiro atoms. The number of esters is 1. The first-order chi connectivity index (χ1) is 19.5. The maximum Gasteiger partial charge on any atom is 0.325 e. The van der Waals surface area contributed by atoms with E-state index in [-0.39, 0.29) is 43.8 Å². The number of thiophene rings is 1. The van der Waals surface area contributed by atoms with Crippen molar-refractivity contribution in [3.63, 3.8) is 0 Å². The van der Waals surface area contributed by atoms with E-state index in [9.17, 15) is 24.3 Å². The zero-order valence-electron chi connectivity index (χ0n) is 23.1. The zero-order chi connectivity index (χ0) is 29.3. The molecule has 2 aliphatic rings. The predicted molar refractivity (Wildman–Crippen MR) is 152 cm³/mol. The molecule has 0 saturated heterocycles. The topological polar surface area (TPSA) is 172 Å². The Labute approximate surface area is 239 Å². The molecule has 41 heavy (non-hydrogen) atoms. The van der Waals surface area contributed by atoms with Crippen molar-refractivity contribution in [1.82, 2.24) is 20.6 Å². The monoisotopic (exact) mass is 583 g/mol. The molecule has 0 fully saturated rings. The number of anilines is 1. The number of ether oxygens (including phenoxy) is 2. The number of hydrogen-bond donors (Lipinski definition) is 5. The van der Waals surface area contributed by atoms with Crippen molar-refractivity contribution in [2.24, 2.45) is 0 Å². The van der Waals surface area contributed by atoms with Crippen LogP contribution in [0.2, 0.25) is 0 Å².